The van der Waals surface area contributed by atoms with Crippen LogP contribution in [-0.4, -0.2) is 37.3 Å². The van der Waals surface area contributed by atoms with E-state index in [-0.39, 0.29) is 11.8 Å². The maximum Gasteiger partial charge on any atom is 0.278 e. The Morgan fingerprint density at radius 1 is 1.30 bits per heavy atom. The molecule has 27 heavy (non-hydrogen) atoms. The molecule has 1 aliphatic heterocycles. The standard InChI is InChI=1S/C20H23N5O2/c1-4-15(14-8-6-5-7-9-14)20(26)25-11-10-17-16(12-25)18(22-24(17)3)19-21-13(2)23-27-19/h5-9,15H,4,10-12H2,1-3H3. The fourth-order valence-corrected chi connectivity index (χ4v) is 3.80. The smallest absolute Gasteiger partial charge is 0.278 e. The van der Waals surface area contributed by atoms with E-state index in [0.717, 1.165) is 29.7 Å². The number of carbonyl (C=O) groups excluding carboxylic acids is 1. The first kappa shape index (κ1) is 17.5. The minimum atomic E-state index is -0.126. The van der Waals surface area contributed by atoms with Gasteiger partial charge in [0, 0.05) is 37.8 Å². The number of nitrogens with zero attached hydrogens (tertiary/aromatic N) is 5. The SMILES string of the molecule is CCC(C(=O)N1CCc2c(c(-c3nc(C)no3)nn2C)C1)c1ccccc1. The first-order valence-corrected chi connectivity index (χ1v) is 9.27. The molecule has 0 saturated heterocycles. The molecule has 7 nitrogen and oxygen atoms in total. The van der Waals surface area contributed by atoms with Gasteiger partial charge in [0.15, 0.2) is 11.5 Å². The summed E-state index contributed by atoms with van der Waals surface area (Å²) in [5.74, 6) is 1.02. The topological polar surface area (TPSA) is 77.1 Å². The Morgan fingerprint density at radius 2 is 2.07 bits per heavy atom. The summed E-state index contributed by atoms with van der Waals surface area (Å²) in [6, 6.07) is 9.99. The Bertz CT molecular complexity index is 960. The minimum Gasteiger partial charge on any atom is -0.337 e. The van der Waals surface area contributed by atoms with Gasteiger partial charge >= 0.3 is 0 Å². The molecule has 0 radical (unpaired) electrons. The molecule has 0 fully saturated rings. The lowest BCUT2D eigenvalue weighted by Crippen LogP contribution is -2.39. The number of aromatic nitrogens is 4. The van der Waals surface area contributed by atoms with Crippen LogP contribution in [0.5, 0.6) is 0 Å². The highest BCUT2D eigenvalue weighted by molar-refractivity contribution is 5.84. The number of hydrogen-bond donors (Lipinski definition) is 0. The molecule has 2 aromatic heterocycles. The number of hydrogen-bond acceptors (Lipinski definition) is 5. The Hall–Kier alpha value is -2.96. The molecule has 3 heterocycles. The maximum atomic E-state index is 13.2. The van der Waals surface area contributed by atoms with Crippen LogP contribution in [0.2, 0.25) is 0 Å². The normalized spacial score (nSPS) is 14.9. The summed E-state index contributed by atoms with van der Waals surface area (Å²) in [6.45, 7) is 5.05. The largest absolute Gasteiger partial charge is 0.337 e. The molecule has 1 amide bonds. The molecule has 0 aliphatic carbocycles. The lowest BCUT2D eigenvalue weighted by molar-refractivity contribution is -0.133. The van der Waals surface area contributed by atoms with Crippen LogP contribution in [0.3, 0.4) is 0 Å². The van der Waals surface area contributed by atoms with Crippen molar-refractivity contribution in [1.29, 1.82) is 0 Å². The lowest BCUT2D eigenvalue weighted by Gasteiger charge is -2.30. The van der Waals surface area contributed by atoms with Crippen molar-refractivity contribution in [1.82, 2.24) is 24.8 Å². The Morgan fingerprint density at radius 3 is 2.74 bits per heavy atom. The van der Waals surface area contributed by atoms with Crippen LogP contribution in [0.1, 0.15) is 41.9 Å². The van der Waals surface area contributed by atoms with Gasteiger partial charge in [-0.1, -0.05) is 42.4 Å². The lowest BCUT2D eigenvalue weighted by atomic mass is 9.93. The third-order valence-electron chi connectivity index (χ3n) is 5.19. The monoisotopic (exact) mass is 365 g/mol. The molecule has 140 valence electrons. The van der Waals surface area contributed by atoms with E-state index in [2.05, 4.69) is 22.2 Å². The van der Waals surface area contributed by atoms with Crippen molar-refractivity contribution in [2.45, 2.75) is 39.2 Å². The van der Waals surface area contributed by atoms with Gasteiger partial charge in [-0.25, -0.2) is 0 Å². The Balaban J connectivity index is 1.63. The van der Waals surface area contributed by atoms with Gasteiger partial charge in [-0.2, -0.15) is 10.1 Å². The molecule has 7 heteroatoms. The zero-order valence-corrected chi connectivity index (χ0v) is 15.8. The maximum absolute atomic E-state index is 13.2. The van der Waals surface area contributed by atoms with Gasteiger partial charge in [0.05, 0.1) is 5.92 Å². The molecule has 4 rings (SSSR count). The van der Waals surface area contributed by atoms with Gasteiger partial charge in [-0.15, -0.1) is 0 Å². The predicted octanol–water partition coefficient (Wildman–Crippen LogP) is 2.86. The molecular weight excluding hydrogens is 342 g/mol. The van der Waals surface area contributed by atoms with E-state index in [1.54, 1.807) is 6.92 Å². The van der Waals surface area contributed by atoms with Crippen LogP contribution < -0.4 is 0 Å². The molecule has 1 atom stereocenters. The van der Waals surface area contributed by atoms with Gasteiger partial charge in [-0.05, 0) is 18.9 Å². The van der Waals surface area contributed by atoms with Crippen LogP contribution in [0.4, 0.5) is 0 Å². The van der Waals surface area contributed by atoms with Crippen molar-refractivity contribution in [3.05, 3.63) is 53.0 Å². The van der Waals surface area contributed by atoms with Gasteiger partial charge in [0.1, 0.15) is 0 Å². The van der Waals surface area contributed by atoms with E-state index in [4.69, 9.17) is 4.52 Å². The quantitative estimate of drug-likeness (QED) is 0.710. The van der Waals surface area contributed by atoms with Gasteiger partial charge in [0.25, 0.3) is 5.89 Å². The molecule has 1 unspecified atom stereocenters. The number of rotatable bonds is 4. The zero-order valence-electron chi connectivity index (χ0n) is 15.8. The van der Waals surface area contributed by atoms with Crippen LogP contribution in [-0.2, 0) is 24.8 Å². The summed E-state index contributed by atoms with van der Waals surface area (Å²) in [6.07, 6.45) is 1.54. The second kappa shape index (κ2) is 6.98. The summed E-state index contributed by atoms with van der Waals surface area (Å²) in [4.78, 5) is 19.5. The third-order valence-corrected chi connectivity index (χ3v) is 5.19. The predicted molar refractivity (Wildman–Crippen MR) is 99.8 cm³/mol. The van der Waals surface area contributed by atoms with E-state index in [1.807, 2.05) is 47.0 Å². The van der Waals surface area contributed by atoms with Crippen LogP contribution in [0.25, 0.3) is 11.6 Å². The average molecular weight is 365 g/mol. The van der Waals surface area contributed by atoms with E-state index < -0.39 is 0 Å². The number of aryl methyl sites for hydroxylation is 2. The summed E-state index contributed by atoms with van der Waals surface area (Å²) >= 11 is 0. The van der Waals surface area contributed by atoms with E-state index in [1.165, 1.54) is 0 Å². The number of carbonyl (C=O) groups is 1. The summed E-state index contributed by atoms with van der Waals surface area (Å²) in [5.41, 5.74) is 3.87. The molecule has 0 saturated carbocycles. The Labute approximate surface area is 158 Å². The molecule has 0 bridgehead atoms. The molecular formula is C20H23N5O2. The summed E-state index contributed by atoms with van der Waals surface area (Å²) in [7, 11) is 1.92. The fraction of sp³-hybridized carbons (Fsp3) is 0.400. The second-order valence-electron chi connectivity index (χ2n) is 6.93. The van der Waals surface area contributed by atoms with E-state index in [9.17, 15) is 4.79 Å². The van der Waals surface area contributed by atoms with Crippen LogP contribution >= 0.6 is 0 Å². The number of amides is 1. The van der Waals surface area contributed by atoms with Crippen LogP contribution in [0, 0.1) is 6.92 Å². The molecule has 0 N–H and O–H groups in total. The molecule has 3 aromatic rings. The van der Waals surface area contributed by atoms with Crippen molar-refractivity contribution >= 4 is 5.91 Å². The van der Waals surface area contributed by atoms with Crippen molar-refractivity contribution < 1.29 is 9.32 Å². The first-order chi connectivity index (χ1) is 13.1. The minimum absolute atomic E-state index is 0.126. The molecule has 1 aliphatic rings. The van der Waals surface area contributed by atoms with Crippen molar-refractivity contribution in [2.75, 3.05) is 6.54 Å². The summed E-state index contributed by atoms with van der Waals surface area (Å²) < 4.78 is 7.18. The van der Waals surface area contributed by atoms with Gasteiger partial charge in [0.2, 0.25) is 5.91 Å². The van der Waals surface area contributed by atoms with E-state index in [0.29, 0.717) is 30.5 Å². The van der Waals surface area contributed by atoms with Gasteiger partial charge < -0.3 is 9.42 Å². The highest BCUT2D eigenvalue weighted by Crippen LogP contribution is 2.31. The molecule has 1 aromatic carbocycles. The highest BCUT2D eigenvalue weighted by Gasteiger charge is 2.32. The van der Waals surface area contributed by atoms with Crippen LogP contribution in [0.15, 0.2) is 34.9 Å². The molecule has 0 spiro atoms. The van der Waals surface area contributed by atoms with Crippen molar-refractivity contribution in [2.24, 2.45) is 7.05 Å². The first-order valence-electron chi connectivity index (χ1n) is 9.27. The fourth-order valence-electron chi connectivity index (χ4n) is 3.80. The average Bonchev–Trinajstić information content (AvgIpc) is 3.26. The highest BCUT2D eigenvalue weighted by atomic mass is 16.5. The Kier molecular flexibility index (Phi) is 4.51. The van der Waals surface area contributed by atoms with Crippen molar-refractivity contribution in [3.63, 3.8) is 0 Å². The van der Waals surface area contributed by atoms with Gasteiger partial charge in [-0.3, -0.25) is 9.48 Å². The number of fused-ring (bicyclic) bond motifs is 1. The third kappa shape index (κ3) is 3.13. The number of benzene rings is 1. The van der Waals surface area contributed by atoms with E-state index >= 15 is 0 Å². The summed E-state index contributed by atoms with van der Waals surface area (Å²) in [5, 5.41) is 8.45. The second-order valence-corrected chi connectivity index (χ2v) is 6.93. The zero-order chi connectivity index (χ0) is 19.0. The van der Waals surface area contributed by atoms with Crippen molar-refractivity contribution in [3.8, 4) is 11.6 Å².